The van der Waals surface area contributed by atoms with Crippen LogP contribution in [0.3, 0.4) is 0 Å². The Kier molecular flexibility index (Phi) is 4.17. The summed E-state index contributed by atoms with van der Waals surface area (Å²) < 4.78 is 5.12. The summed E-state index contributed by atoms with van der Waals surface area (Å²) in [5.41, 5.74) is 6.12. The van der Waals surface area contributed by atoms with E-state index < -0.39 is 5.97 Å². The summed E-state index contributed by atoms with van der Waals surface area (Å²) >= 11 is 7.43. The summed E-state index contributed by atoms with van der Waals surface area (Å²) in [5, 5.41) is 2.08. The van der Waals surface area contributed by atoms with Crippen LogP contribution in [0.2, 0.25) is 5.15 Å². The summed E-state index contributed by atoms with van der Waals surface area (Å²) in [4.78, 5) is 16.7. The minimum atomic E-state index is -0.503. The van der Waals surface area contributed by atoms with Crippen molar-refractivity contribution >= 4 is 34.6 Å². The highest BCUT2D eigenvalue weighted by molar-refractivity contribution is 7.09. The van der Waals surface area contributed by atoms with Gasteiger partial charge in [0.2, 0.25) is 0 Å². The molecule has 94 valence electrons. The van der Waals surface area contributed by atoms with Gasteiger partial charge in [-0.3, -0.25) is 0 Å². The standard InChI is InChI=1S/C12H11ClN2O2S/c13-11-10(6-8(14)7-15-11)12(16)17-4-3-9-2-1-5-18-9/h1-2,5-7H,3-4,14H2. The molecule has 0 aromatic carbocycles. The lowest BCUT2D eigenvalue weighted by molar-refractivity contribution is 0.0510. The zero-order valence-electron chi connectivity index (χ0n) is 9.43. The van der Waals surface area contributed by atoms with Gasteiger partial charge in [0.05, 0.1) is 24.1 Å². The lowest BCUT2D eigenvalue weighted by atomic mass is 10.2. The van der Waals surface area contributed by atoms with Crippen LogP contribution in [-0.2, 0) is 11.2 Å². The van der Waals surface area contributed by atoms with Gasteiger partial charge < -0.3 is 10.5 Å². The Balaban J connectivity index is 1.93. The summed E-state index contributed by atoms with van der Waals surface area (Å²) in [5.74, 6) is -0.503. The Morgan fingerprint density at radius 2 is 2.39 bits per heavy atom. The lowest BCUT2D eigenvalue weighted by Crippen LogP contribution is -2.09. The number of nitrogens with two attached hydrogens (primary N) is 1. The molecule has 0 saturated carbocycles. The van der Waals surface area contributed by atoms with Gasteiger partial charge in [-0.25, -0.2) is 9.78 Å². The second kappa shape index (κ2) is 5.84. The van der Waals surface area contributed by atoms with Crippen molar-refractivity contribution < 1.29 is 9.53 Å². The van der Waals surface area contributed by atoms with E-state index in [0.29, 0.717) is 18.7 Å². The average Bonchev–Trinajstić information content (AvgIpc) is 2.85. The maximum absolute atomic E-state index is 11.7. The van der Waals surface area contributed by atoms with Gasteiger partial charge in [-0.2, -0.15) is 0 Å². The van der Waals surface area contributed by atoms with Crippen molar-refractivity contribution in [2.45, 2.75) is 6.42 Å². The molecule has 0 aliphatic heterocycles. The third-order valence-electron chi connectivity index (χ3n) is 2.24. The molecule has 2 rings (SSSR count). The third-order valence-corrected chi connectivity index (χ3v) is 3.48. The first-order valence-corrected chi connectivity index (χ1v) is 6.53. The molecule has 6 heteroatoms. The van der Waals surface area contributed by atoms with Gasteiger partial charge in [-0.15, -0.1) is 11.3 Å². The zero-order valence-corrected chi connectivity index (χ0v) is 11.0. The molecule has 2 N–H and O–H groups in total. The number of nitrogens with zero attached hydrogens (tertiary/aromatic N) is 1. The second-order valence-electron chi connectivity index (χ2n) is 3.57. The molecule has 0 saturated heterocycles. The maximum Gasteiger partial charge on any atom is 0.341 e. The molecule has 2 aromatic heterocycles. The Hall–Kier alpha value is -1.59. The van der Waals surface area contributed by atoms with Gasteiger partial charge in [0.15, 0.2) is 0 Å². The van der Waals surface area contributed by atoms with Crippen molar-refractivity contribution in [2.75, 3.05) is 12.3 Å². The molecular weight excluding hydrogens is 272 g/mol. The van der Waals surface area contributed by atoms with Crippen LogP contribution in [-0.4, -0.2) is 17.6 Å². The summed E-state index contributed by atoms with van der Waals surface area (Å²) in [6.45, 7) is 0.310. The van der Waals surface area contributed by atoms with Crippen LogP contribution >= 0.6 is 22.9 Å². The van der Waals surface area contributed by atoms with E-state index in [1.807, 2.05) is 17.5 Å². The Morgan fingerprint density at radius 1 is 1.56 bits per heavy atom. The SMILES string of the molecule is Nc1cnc(Cl)c(C(=O)OCCc2cccs2)c1. The third kappa shape index (κ3) is 3.21. The molecule has 2 aromatic rings. The normalized spacial score (nSPS) is 10.3. The van der Waals surface area contributed by atoms with Gasteiger partial charge in [-0.05, 0) is 17.5 Å². The van der Waals surface area contributed by atoms with Crippen LogP contribution < -0.4 is 5.73 Å². The molecule has 0 amide bonds. The van der Waals surface area contributed by atoms with Gasteiger partial charge in [-0.1, -0.05) is 17.7 Å². The van der Waals surface area contributed by atoms with Gasteiger partial charge in [0, 0.05) is 11.3 Å². The number of nitrogen functional groups attached to an aromatic ring is 1. The highest BCUT2D eigenvalue weighted by Crippen LogP contribution is 2.17. The van der Waals surface area contributed by atoms with Crippen LogP contribution in [0.5, 0.6) is 0 Å². The number of carbonyl (C=O) groups excluding carboxylic acids is 1. The second-order valence-corrected chi connectivity index (χ2v) is 4.96. The first-order chi connectivity index (χ1) is 8.66. The lowest BCUT2D eigenvalue weighted by Gasteiger charge is -2.05. The van der Waals surface area contributed by atoms with E-state index in [4.69, 9.17) is 22.1 Å². The Bertz CT molecular complexity index is 543. The predicted molar refractivity (Wildman–Crippen MR) is 72.0 cm³/mol. The fourth-order valence-corrected chi connectivity index (χ4v) is 2.26. The Morgan fingerprint density at radius 3 is 3.11 bits per heavy atom. The molecule has 0 atom stereocenters. The van der Waals surface area contributed by atoms with Crippen LogP contribution in [0.25, 0.3) is 0 Å². The molecular formula is C12H11ClN2O2S. The number of pyridine rings is 1. The van der Waals surface area contributed by atoms with Crippen molar-refractivity contribution in [3.63, 3.8) is 0 Å². The molecule has 0 fully saturated rings. The topological polar surface area (TPSA) is 65.2 Å². The smallest absolute Gasteiger partial charge is 0.341 e. The number of carbonyl (C=O) groups is 1. The summed E-state index contributed by atoms with van der Waals surface area (Å²) in [6.07, 6.45) is 2.08. The maximum atomic E-state index is 11.7. The molecule has 0 unspecified atom stereocenters. The van der Waals surface area contributed by atoms with Crippen LogP contribution in [0.15, 0.2) is 29.8 Å². The highest BCUT2D eigenvalue weighted by Gasteiger charge is 2.13. The fourth-order valence-electron chi connectivity index (χ4n) is 1.38. The summed E-state index contributed by atoms with van der Waals surface area (Å²) in [7, 11) is 0. The van der Waals surface area contributed by atoms with E-state index in [9.17, 15) is 4.79 Å². The number of hydrogen-bond donors (Lipinski definition) is 1. The molecule has 2 heterocycles. The van der Waals surface area contributed by atoms with Gasteiger partial charge in [0.1, 0.15) is 5.15 Å². The zero-order chi connectivity index (χ0) is 13.0. The van der Waals surface area contributed by atoms with Crippen molar-refractivity contribution in [1.29, 1.82) is 0 Å². The van der Waals surface area contributed by atoms with Crippen molar-refractivity contribution in [2.24, 2.45) is 0 Å². The molecule has 0 spiro atoms. The first kappa shape index (κ1) is 12.9. The number of aromatic nitrogens is 1. The van der Waals surface area contributed by atoms with E-state index in [0.717, 1.165) is 0 Å². The number of rotatable bonds is 4. The van der Waals surface area contributed by atoms with Crippen molar-refractivity contribution in [1.82, 2.24) is 4.98 Å². The Labute approximate surface area is 113 Å². The quantitative estimate of drug-likeness (QED) is 0.692. The van der Waals surface area contributed by atoms with E-state index in [2.05, 4.69) is 4.98 Å². The summed E-state index contributed by atoms with van der Waals surface area (Å²) in [6, 6.07) is 5.41. The van der Waals surface area contributed by atoms with Crippen molar-refractivity contribution in [3.8, 4) is 0 Å². The number of ether oxygens (including phenoxy) is 1. The number of halogens is 1. The predicted octanol–water partition coefficient (Wildman–Crippen LogP) is 2.78. The van der Waals surface area contributed by atoms with E-state index in [1.165, 1.54) is 17.1 Å². The van der Waals surface area contributed by atoms with E-state index >= 15 is 0 Å². The van der Waals surface area contributed by atoms with E-state index in [-0.39, 0.29) is 10.7 Å². The average molecular weight is 283 g/mol. The molecule has 18 heavy (non-hydrogen) atoms. The highest BCUT2D eigenvalue weighted by atomic mass is 35.5. The minimum Gasteiger partial charge on any atom is -0.462 e. The van der Waals surface area contributed by atoms with E-state index in [1.54, 1.807) is 11.3 Å². The minimum absolute atomic E-state index is 0.102. The fraction of sp³-hybridized carbons (Fsp3) is 0.167. The van der Waals surface area contributed by atoms with Crippen LogP contribution in [0, 0.1) is 0 Å². The number of esters is 1. The molecule has 0 bridgehead atoms. The largest absolute Gasteiger partial charge is 0.462 e. The molecule has 0 aliphatic rings. The van der Waals surface area contributed by atoms with Crippen LogP contribution in [0.4, 0.5) is 5.69 Å². The molecule has 4 nitrogen and oxygen atoms in total. The monoisotopic (exact) mass is 282 g/mol. The molecule has 0 aliphatic carbocycles. The van der Waals surface area contributed by atoms with Gasteiger partial charge in [0.25, 0.3) is 0 Å². The number of anilines is 1. The first-order valence-electron chi connectivity index (χ1n) is 5.27. The van der Waals surface area contributed by atoms with Gasteiger partial charge >= 0.3 is 5.97 Å². The molecule has 0 radical (unpaired) electrons. The number of thiophene rings is 1. The van der Waals surface area contributed by atoms with Crippen LogP contribution in [0.1, 0.15) is 15.2 Å². The number of hydrogen-bond acceptors (Lipinski definition) is 5. The van der Waals surface area contributed by atoms with Crippen molar-refractivity contribution in [3.05, 3.63) is 45.4 Å².